The minimum absolute atomic E-state index is 0.270. The molecule has 1 aromatic heterocycles. The van der Waals surface area contributed by atoms with Gasteiger partial charge in [-0.15, -0.1) is 0 Å². The number of fused-ring (bicyclic) bond motifs is 1. The van der Waals surface area contributed by atoms with Crippen LogP contribution in [0.4, 0.5) is 0 Å². The number of aromatic nitrogens is 1. The van der Waals surface area contributed by atoms with E-state index in [1.807, 2.05) is 31.7 Å². The maximum atomic E-state index is 11.9. The molecule has 2 rings (SSSR count). The third-order valence-corrected chi connectivity index (χ3v) is 3.26. The van der Waals surface area contributed by atoms with E-state index in [9.17, 15) is 4.79 Å². The quantitative estimate of drug-likeness (QED) is 0.552. The SMILES string of the molecule is COC(=O)c1c2c(c[n+](C)c1C)COC(C)OC2. The van der Waals surface area contributed by atoms with Crippen LogP contribution in [-0.4, -0.2) is 19.4 Å². The third kappa shape index (κ3) is 2.23. The van der Waals surface area contributed by atoms with E-state index in [-0.39, 0.29) is 12.3 Å². The summed E-state index contributed by atoms with van der Waals surface area (Å²) in [7, 11) is 3.29. The number of nitrogens with zero attached hydrogens (tertiary/aromatic N) is 1. The summed E-state index contributed by atoms with van der Waals surface area (Å²) in [6, 6.07) is 0. The number of rotatable bonds is 1. The predicted molar refractivity (Wildman–Crippen MR) is 62.7 cm³/mol. The molecule has 0 bridgehead atoms. The summed E-state index contributed by atoms with van der Waals surface area (Å²) in [4.78, 5) is 11.9. The molecule has 1 unspecified atom stereocenters. The Hall–Kier alpha value is -1.46. The fourth-order valence-corrected chi connectivity index (χ4v) is 2.08. The van der Waals surface area contributed by atoms with Gasteiger partial charge in [-0.3, -0.25) is 0 Å². The average molecular weight is 252 g/mol. The molecule has 2 heterocycles. The summed E-state index contributed by atoms with van der Waals surface area (Å²) in [5.41, 5.74) is 3.27. The van der Waals surface area contributed by atoms with Crippen LogP contribution in [0.3, 0.4) is 0 Å². The van der Waals surface area contributed by atoms with Gasteiger partial charge in [0.15, 0.2) is 18.2 Å². The lowest BCUT2D eigenvalue weighted by Gasteiger charge is -2.10. The Kier molecular flexibility index (Phi) is 3.63. The standard InChI is InChI=1S/C13H18NO4/c1-8-12(13(15)16-4)11-7-18-9(2)17-6-10(11)5-14(8)3/h5,9H,6-7H2,1-4H3/q+1. The molecule has 0 radical (unpaired) electrons. The lowest BCUT2D eigenvalue weighted by Crippen LogP contribution is -2.36. The zero-order valence-electron chi connectivity index (χ0n) is 11.1. The number of methoxy groups -OCH3 is 1. The van der Waals surface area contributed by atoms with E-state index in [2.05, 4.69) is 0 Å². The first kappa shape index (κ1) is 13.0. The molecule has 0 spiro atoms. The molecule has 18 heavy (non-hydrogen) atoms. The Balaban J connectivity index is 2.57. The Bertz CT molecular complexity index is 484. The molecule has 0 fully saturated rings. The molecule has 5 heteroatoms. The molecule has 1 aliphatic rings. The predicted octanol–water partition coefficient (Wildman–Crippen LogP) is 0.999. The first-order chi connectivity index (χ1) is 8.54. The number of carbonyl (C=O) groups is 1. The van der Waals surface area contributed by atoms with E-state index < -0.39 is 0 Å². The second-order valence-corrected chi connectivity index (χ2v) is 4.39. The molecule has 1 aromatic rings. The smallest absolute Gasteiger partial charge is 0.344 e. The molecule has 0 aliphatic carbocycles. The number of hydrogen-bond acceptors (Lipinski definition) is 4. The van der Waals surface area contributed by atoms with Crippen LogP contribution in [0.15, 0.2) is 6.20 Å². The summed E-state index contributed by atoms with van der Waals surface area (Å²) >= 11 is 0. The number of aryl methyl sites for hydroxylation is 1. The molecule has 0 saturated carbocycles. The minimum Gasteiger partial charge on any atom is -0.465 e. The monoisotopic (exact) mass is 252 g/mol. The largest absolute Gasteiger partial charge is 0.465 e. The average Bonchev–Trinajstić information content (AvgIpc) is 2.53. The minimum atomic E-state index is -0.335. The first-order valence-electron chi connectivity index (χ1n) is 5.87. The van der Waals surface area contributed by atoms with Gasteiger partial charge < -0.3 is 14.2 Å². The van der Waals surface area contributed by atoms with Gasteiger partial charge in [0.05, 0.1) is 20.3 Å². The lowest BCUT2D eigenvalue weighted by molar-refractivity contribution is -0.678. The number of esters is 1. The van der Waals surface area contributed by atoms with Gasteiger partial charge in [0.25, 0.3) is 0 Å². The van der Waals surface area contributed by atoms with Crippen molar-refractivity contribution >= 4 is 5.97 Å². The van der Waals surface area contributed by atoms with Crippen molar-refractivity contribution in [1.29, 1.82) is 0 Å². The molecule has 98 valence electrons. The molecule has 1 atom stereocenters. The van der Waals surface area contributed by atoms with Gasteiger partial charge in [-0.25, -0.2) is 9.36 Å². The van der Waals surface area contributed by atoms with Crippen molar-refractivity contribution in [2.75, 3.05) is 7.11 Å². The van der Waals surface area contributed by atoms with Gasteiger partial charge in [-0.1, -0.05) is 0 Å². The molecular formula is C13H18NO4+. The van der Waals surface area contributed by atoms with Crippen LogP contribution >= 0.6 is 0 Å². The second-order valence-electron chi connectivity index (χ2n) is 4.39. The maximum Gasteiger partial charge on any atom is 0.344 e. The van der Waals surface area contributed by atoms with E-state index in [4.69, 9.17) is 14.2 Å². The van der Waals surface area contributed by atoms with Crippen LogP contribution in [0.2, 0.25) is 0 Å². The first-order valence-corrected chi connectivity index (χ1v) is 5.87. The van der Waals surface area contributed by atoms with Crippen molar-refractivity contribution in [1.82, 2.24) is 0 Å². The molecule has 0 aromatic carbocycles. The second kappa shape index (κ2) is 5.04. The highest BCUT2D eigenvalue weighted by molar-refractivity contribution is 5.92. The molecule has 5 nitrogen and oxygen atoms in total. The van der Waals surface area contributed by atoms with E-state index >= 15 is 0 Å². The van der Waals surface area contributed by atoms with Gasteiger partial charge >= 0.3 is 5.97 Å². The van der Waals surface area contributed by atoms with Crippen LogP contribution in [0, 0.1) is 6.92 Å². The van der Waals surface area contributed by atoms with Gasteiger partial charge in [0, 0.05) is 18.1 Å². The number of ether oxygens (including phenoxy) is 3. The number of pyridine rings is 1. The summed E-state index contributed by atoms with van der Waals surface area (Å²) in [6.07, 6.45) is 1.70. The molecule has 1 aliphatic heterocycles. The lowest BCUT2D eigenvalue weighted by atomic mass is 10.0. The highest BCUT2D eigenvalue weighted by Crippen LogP contribution is 2.23. The van der Waals surface area contributed by atoms with E-state index in [0.717, 1.165) is 16.8 Å². The van der Waals surface area contributed by atoms with Crippen LogP contribution in [-0.2, 0) is 34.5 Å². The Morgan fingerprint density at radius 1 is 1.44 bits per heavy atom. The molecule has 0 amide bonds. The van der Waals surface area contributed by atoms with Crippen molar-refractivity contribution in [3.63, 3.8) is 0 Å². The van der Waals surface area contributed by atoms with Gasteiger partial charge in [-0.2, -0.15) is 0 Å². The van der Waals surface area contributed by atoms with Crippen LogP contribution in [0.5, 0.6) is 0 Å². The summed E-state index contributed by atoms with van der Waals surface area (Å²) in [6.45, 7) is 4.54. The van der Waals surface area contributed by atoms with Gasteiger partial charge in [-0.05, 0) is 6.92 Å². The molecule has 0 N–H and O–H groups in total. The van der Waals surface area contributed by atoms with Crippen LogP contribution in [0.1, 0.15) is 34.1 Å². The summed E-state index contributed by atoms with van der Waals surface area (Å²) in [5, 5.41) is 0. The van der Waals surface area contributed by atoms with E-state index in [0.29, 0.717) is 18.8 Å². The molecular weight excluding hydrogens is 234 g/mol. The number of hydrogen-bond donors (Lipinski definition) is 0. The van der Waals surface area contributed by atoms with Crippen LogP contribution < -0.4 is 4.57 Å². The topological polar surface area (TPSA) is 48.6 Å². The van der Waals surface area contributed by atoms with Crippen molar-refractivity contribution in [3.05, 3.63) is 28.6 Å². The third-order valence-electron chi connectivity index (χ3n) is 3.26. The van der Waals surface area contributed by atoms with Crippen molar-refractivity contribution in [2.24, 2.45) is 7.05 Å². The Morgan fingerprint density at radius 3 is 2.78 bits per heavy atom. The maximum absolute atomic E-state index is 11.9. The Labute approximate surface area is 106 Å². The zero-order valence-corrected chi connectivity index (χ0v) is 11.1. The highest BCUT2D eigenvalue weighted by Gasteiger charge is 2.27. The summed E-state index contributed by atoms with van der Waals surface area (Å²) in [5.74, 6) is -0.335. The van der Waals surface area contributed by atoms with Crippen molar-refractivity contribution in [3.8, 4) is 0 Å². The van der Waals surface area contributed by atoms with Crippen molar-refractivity contribution in [2.45, 2.75) is 33.4 Å². The molecule has 0 saturated heterocycles. The van der Waals surface area contributed by atoms with Crippen LogP contribution in [0.25, 0.3) is 0 Å². The fourth-order valence-electron chi connectivity index (χ4n) is 2.08. The Morgan fingerprint density at radius 2 is 2.11 bits per heavy atom. The fraction of sp³-hybridized carbons (Fsp3) is 0.538. The number of carbonyl (C=O) groups excluding carboxylic acids is 1. The normalized spacial score (nSPS) is 19.0. The van der Waals surface area contributed by atoms with E-state index in [1.165, 1.54) is 7.11 Å². The van der Waals surface area contributed by atoms with Gasteiger partial charge in [0.1, 0.15) is 12.6 Å². The zero-order chi connectivity index (χ0) is 13.3. The summed E-state index contributed by atoms with van der Waals surface area (Å²) < 4.78 is 17.8. The van der Waals surface area contributed by atoms with Gasteiger partial charge in [0.2, 0.25) is 0 Å². The highest BCUT2D eigenvalue weighted by atomic mass is 16.7. The van der Waals surface area contributed by atoms with Crippen molar-refractivity contribution < 1.29 is 23.6 Å². The van der Waals surface area contributed by atoms with E-state index in [1.54, 1.807) is 0 Å².